The molecular formula is C16H19BF2N2O2. The van der Waals surface area contributed by atoms with Gasteiger partial charge in [-0.25, -0.2) is 8.78 Å². The molecule has 1 aliphatic heterocycles. The Bertz CT molecular complexity index is 715. The molecule has 122 valence electrons. The van der Waals surface area contributed by atoms with E-state index in [0.29, 0.717) is 5.59 Å². The maximum absolute atomic E-state index is 13.7. The molecule has 1 aromatic heterocycles. The van der Waals surface area contributed by atoms with Crippen LogP contribution in [0.25, 0.3) is 0 Å². The molecule has 4 nitrogen and oxygen atoms in total. The van der Waals surface area contributed by atoms with Gasteiger partial charge >= 0.3 is 7.12 Å². The summed E-state index contributed by atoms with van der Waals surface area (Å²) in [5.74, 6) is -0.932. The van der Waals surface area contributed by atoms with Gasteiger partial charge in [0, 0.05) is 11.8 Å². The van der Waals surface area contributed by atoms with Crippen molar-refractivity contribution in [3.63, 3.8) is 0 Å². The van der Waals surface area contributed by atoms with Gasteiger partial charge in [0.05, 0.1) is 23.3 Å². The second-order valence-electron chi connectivity index (χ2n) is 6.76. The normalized spacial score (nSPS) is 19.3. The molecule has 1 aromatic carbocycles. The molecule has 0 atom stereocenters. The molecule has 0 radical (unpaired) electrons. The van der Waals surface area contributed by atoms with Crippen LogP contribution >= 0.6 is 0 Å². The Morgan fingerprint density at radius 1 is 1.09 bits per heavy atom. The predicted octanol–water partition coefficient (Wildman–Crippen LogP) is 2.51. The highest BCUT2D eigenvalue weighted by atomic mass is 19.1. The van der Waals surface area contributed by atoms with Crippen molar-refractivity contribution in [1.29, 1.82) is 0 Å². The van der Waals surface area contributed by atoms with Crippen molar-refractivity contribution < 1.29 is 18.1 Å². The van der Waals surface area contributed by atoms with Crippen molar-refractivity contribution in [3.05, 3.63) is 47.7 Å². The Balaban J connectivity index is 1.78. The Morgan fingerprint density at radius 2 is 1.74 bits per heavy atom. The minimum atomic E-state index is -0.571. The molecule has 2 heterocycles. The molecule has 1 aliphatic rings. The van der Waals surface area contributed by atoms with Gasteiger partial charge in [0.25, 0.3) is 0 Å². The first kappa shape index (κ1) is 16.1. The number of halogens is 2. The zero-order valence-electron chi connectivity index (χ0n) is 13.6. The average Bonchev–Trinajstić information content (AvgIpc) is 2.97. The van der Waals surface area contributed by atoms with Gasteiger partial charge in [-0.2, -0.15) is 5.10 Å². The highest BCUT2D eigenvalue weighted by Gasteiger charge is 2.52. The quantitative estimate of drug-likeness (QED) is 0.816. The lowest BCUT2D eigenvalue weighted by Gasteiger charge is -2.32. The molecule has 3 rings (SSSR count). The zero-order valence-corrected chi connectivity index (χ0v) is 13.6. The van der Waals surface area contributed by atoms with Gasteiger partial charge in [-0.05, 0) is 52.0 Å². The van der Waals surface area contributed by atoms with Crippen molar-refractivity contribution in [1.82, 2.24) is 9.78 Å². The molecule has 0 unspecified atom stereocenters. The fourth-order valence-corrected chi connectivity index (χ4v) is 2.39. The van der Waals surface area contributed by atoms with E-state index in [2.05, 4.69) is 5.10 Å². The predicted molar refractivity (Wildman–Crippen MR) is 83.4 cm³/mol. The minimum Gasteiger partial charge on any atom is -0.398 e. The van der Waals surface area contributed by atoms with Crippen molar-refractivity contribution in [2.24, 2.45) is 0 Å². The summed E-state index contributed by atoms with van der Waals surface area (Å²) in [5, 5.41) is 4.37. The first-order chi connectivity index (χ1) is 10.7. The Morgan fingerprint density at radius 3 is 2.39 bits per heavy atom. The van der Waals surface area contributed by atoms with Crippen LogP contribution in [0.5, 0.6) is 0 Å². The largest absolute Gasteiger partial charge is 0.516 e. The smallest absolute Gasteiger partial charge is 0.398 e. The summed E-state index contributed by atoms with van der Waals surface area (Å²) in [6.45, 7) is 8.00. The lowest BCUT2D eigenvalue weighted by atomic mass is 9.85. The molecular weight excluding hydrogens is 301 g/mol. The lowest BCUT2D eigenvalue weighted by Crippen LogP contribution is -2.41. The highest BCUT2D eigenvalue weighted by Crippen LogP contribution is 2.36. The highest BCUT2D eigenvalue weighted by molar-refractivity contribution is 6.61. The summed E-state index contributed by atoms with van der Waals surface area (Å²) in [7, 11) is -0.571. The second-order valence-corrected chi connectivity index (χ2v) is 6.76. The number of hydrogen-bond donors (Lipinski definition) is 0. The standard InChI is InChI=1S/C16H19BF2N2O2/c1-15(2)16(3,4)23-17(22-15)14-7-8-21(20-14)10-11-9-12(18)5-6-13(11)19/h5-9H,10H2,1-4H3. The van der Waals surface area contributed by atoms with Crippen LogP contribution in [-0.4, -0.2) is 28.1 Å². The van der Waals surface area contributed by atoms with Crippen LogP contribution in [0, 0.1) is 11.6 Å². The summed E-state index contributed by atoms with van der Waals surface area (Å²) in [6.07, 6.45) is 1.70. The van der Waals surface area contributed by atoms with E-state index in [-0.39, 0.29) is 12.1 Å². The summed E-state index contributed by atoms with van der Waals surface area (Å²) < 4.78 is 40.3. The van der Waals surface area contributed by atoms with E-state index in [9.17, 15) is 8.78 Å². The third-order valence-corrected chi connectivity index (χ3v) is 4.50. The number of hydrogen-bond acceptors (Lipinski definition) is 3. The van der Waals surface area contributed by atoms with Gasteiger partial charge in [0.2, 0.25) is 0 Å². The Hall–Kier alpha value is -1.73. The fourth-order valence-electron chi connectivity index (χ4n) is 2.39. The van der Waals surface area contributed by atoms with Crippen molar-refractivity contribution in [2.45, 2.75) is 45.4 Å². The molecule has 0 aliphatic carbocycles. The van der Waals surface area contributed by atoms with Crippen LogP contribution in [0.3, 0.4) is 0 Å². The number of benzene rings is 1. The van der Waals surface area contributed by atoms with Gasteiger partial charge in [-0.3, -0.25) is 4.68 Å². The van der Waals surface area contributed by atoms with E-state index in [1.807, 2.05) is 27.7 Å². The lowest BCUT2D eigenvalue weighted by molar-refractivity contribution is 0.00578. The van der Waals surface area contributed by atoms with Gasteiger partial charge in [0.1, 0.15) is 11.6 Å². The first-order valence-corrected chi connectivity index (χ1v) is 7.51. The molecule has 1 fully saturated rings. The van der Waals surface area contributed by atoms with Gasteiger partial charge in [-0.15, -0.1) is 0 Å². The maximum Gasteiger partial charge on any atom is 0.516 e. The Kier molecular flexibility index (Phi) is 3.81. The fraction of sp³-hybridized carbons (Fsp3) is 0.438. The Labute approximate surface area is 134 Å². The molecule has 0 amide bonds. The van der Waals surface area contributed by atoms with Crippen LogP contribution in [-0.2, 0) is 15.9 Å². The molecule has 0 spiro atoms. The number of rotatable bonds is 3. The van der Waals surface area contributed by atoms with E-state index < -0.39 is 30.0 Å². The number of nitrogens with zero attached hydrogens (tertiary/aromatic N) is 2. The minimum absolute atomic E-state index is 0.142. The molecule has 23 heavy (non-hydrogen) atoms. The molecule has 0 N–H and O–H groups in total. The zero-order chi connectivity index (χ0) is 16.8. The molecule has 0 bridgehead atoms. The third kappa shape index (κ3) is 3.03. The van der Waals surface area contributed by atoms with Gasteiger partial charge in [0.15, 0.2) is 0 Å². The summed E-state index contributed by atoms with van der Waals surface area (Å²) in [6, 6.07) is 5.14. The SMILES string of the molecule is CC1(C)OB(c2ccn(Cc3cc(F)ccc3F)n2)OC1(C)C. The molecule has 2 aromatic rings. The van der Waals surface area contributed by atoms with E-state index in [0.717, 1.165) is 12.1 Å². The third-order valence-electron chi connectivity index (χ3n) is 4.50. The number of aromatic nitrogens is 2. The monoisotopic (exact) mass is 320 g/mol. The van der Waals surface area contributed by atoms with Crippen LogP contribution in [0.1, 0.15) is 33.3 Å². The molecule has 1 saturated heterocycles. The topological polar surface area (TPSA) is 36.3 Å². The van der Waals surface area contributed by atoms with Crippen LogP contribution < -0.4 is 5.59 Å². The van der Waals surface area contributed by atoms with Crippen molar-refractivity contribution in [2.75, 3.05) is 0 Å². The molecule has 0 saturated carbocycles. The van der Waals surface area contributed by atoms with Crippen LogP contribution in [0.2, 0.25) is 0 Å². The summed E-state index contributed by atoms with van der Waals surface area (Å²) in [5.41, 5.74) is -0.0410. The van der Waals surface area contributed by atoms with Crippen molar-refractivity contribution in [3.8, 4) is 0 Å². The van der Waals surface area contributed by atoms with E-state index in [1.165, 1.54) is 10.7 Å². The average molecular weight is 320 g/mol. The van der Waals surface area contributed by atoms with Gasteiger partial charge in [-0.1, -0.05) is 0 Å². The first-order valence-electron chi connectivity index (χ1n) is 7.51. The van der Waals surface area contributed by atoms with E-state index in [1.54, 1.807) is 12.3 Å². The van der Waals surface area contributed by atoms with E-state index in [4.69, 9.17) is 9.31 Å². The summed E-state index contributed by atoms with van der Waals surface area (Å²) >= 11 is 0. The second kappa shape index (κ2) is 5.42. The summed E-state index contributed by atoms with van der Waals surface area (Å²) in [4.78, 5) is 0. The van der Waals surface area contributed by atoms with Crippen LogP contribution in [0.4, 0.5) is 8.78 Å². The van der Waals surface area contributed by atoms with E-state index >= 15 is 0 Å². The van der Waals surface area contributed by atoms with Crippen LogP contribution in [0.15, 0.2) is 30.5 Å². The molecule has 7 heteroatoms. The van der Waals surface area contributed by atoms with Gasteiger partial charge < -0.3 is 9.31 Å². The maximum atomic E-state index is 13.7. The van der Waals surface area contributed by atoms with Crippen molar-refractivity contribution >= 4 is 12.7 Å².